The zero-order valence-corrected chi connectivity index (χ0v) is 12.3. The molecule has 0 spiro atoms. The molecule has 8 heteroatoms. The molecular formula is C13H23N3O5. The quantitative estimate of drug-likeness (QED) is 0.521. The summed E-state index contributed by atoms with van der Waals surface area (Å²) in [6.07, 6.45) is -0.671. The number of amides is 3. The van der Waals surface area contributed by atoms with Crippen LogP contribution in [-0.4, -0.2) is 64.8 Å². The first kappa shape index (κ1) is 17.2. The Bertz CT molecular complexity index is 399. The van der Waals surface area contributed by atoms with Crippen LogP contribution in [0.25, 0.3) is 0 Å². The van der Waals surface area contributed by atoms with Crippen LogP contribution in [-0.2, 0) is 9.59 Å². The predicted molar refractivity (Wildman–Crippen MR) is 74.6 cm³/mol. The number of β-amino-alcohol motifs (C(OH)–C–C–N with tert-alkyl or cyclic N) is 1. The summed E-state index contributed by atoms with van der Waals surface area (Å²) in [5, 5.41) is 23.7. The maximum Gasteiger partial charge on any atom is 0.326 e. The smallest absolute Gasteiger partial charge is 0.326 e. The van der Waals surface area contributed by atoms with Crippen LogP contribution >= 0.6 is 0 Å². The molecule has 1 aliphatic heterocycles. The Morgan fingerprint density at radius 3 is 2.52 bits per heavy atom. The molecule has 0 aromatic carbocycles. The van der Waals surface area contributed by atoms with Crippen LogP contribution in [0.3, 0.4) is 0 Å². The normalized spacial score (nSPS) is 21.4. The summed E-state index contributed by atoms with van der Waals surface area (Å²) in [6.45, 7) is 4.65. The van der Waals surface area contributed by atoms with Gasteiger partial charge in [0.15, 0.2) is 0 Å². The molecule has 3 amide bonds. The van der Waals surface area contributed by atoms with E-state index in [4.69, 9.17) is 5.11 Å². The number of nitrogens with zero attached hydrogens (tertiary/aromatic N) is 1. The van der Waals surface area contributed by atoms with Crippen molar-refractivity contribution in [2.75, 3.05) is 19.6 Å². The van der Waals surface area contributed by atoms with Crippen LogP contribution in [0.4, 0.5) is 4.79 Å². The molecule has 21 heavy (non-hydrogen) atoms. The van der Waals surface area contributed by atoms with Gasteiger partial charge in [-0.25, -0.2) is 9.59 Å². The van der Waals surface area contributed by atoms with Gasteiger partial charge in [-0.3, -0.25) is 4.79 Å². The number of carbonyl (C=O) groups is 3. The molecule has 0 aromatic rings. The van der Waals surface area contributed by atoms with Crippen molar-refractivity contribution >= 4 is 17.9 Å². The van der Waals surface area contributed by atoms with Gasteiger partial charge >= 0.3 is 12.0 Å². The average molecular weight is 301 g/mol. The van der Waals surface area contributed by atoms with E-state index in [2.05, 4.69) is 10.6 Å². The molecule has 2 atom stereocenters. The lowest BCUT2D eigenvalue weighted by Gasteiger charge is -2.21. The Balaban J connectivity index is 2.33. The van der Waals surface area contributed by atoms with Gasteiger partial charge in [0.2, 0.25) is 5.91 Å². The first-order valence-electron chi connectivity index (χ1n) is 7.03. The van der Waals surface area contributed by atoms with E-state index in [9.17, 15) is 19.5 Å². The molecule has 4 N–H and O–H groups in total. The molecule has 0 bridgehead atoms. The first-order valence-corrected chi connectivity index (χ1v) is 7.03. The van der Waals surface area contributed by atoms with Crippen molar-refractivity contribution in [2.24, 2.45) is 5.92 Å². The number of rotatable bonds is 6. The maximum absolute atomic E-state index is 11.9. The highest BCUT2D eigenvalue weighted by molar-refractivity contribution is 5.84. The fraction of sp³-hybridized carbons (Fsp3) is 0.769. The third-order valence-corrected chi connectivity index (χ3v) is 3.16. The molecule has 0 aromatic heterocycles. The average Bonchev–Trinajstić information content (AvgIpc) is 2.78. The summed E-state index contributed by atoms with van der Waals surface area (Å²) in [6, 6.07) is -1.59. The minimum Gasteiger partial charge on any atom is -0.480 e. The Morgan fingerprint density at radius 1 is 1.29 bits per heavy atom. The Morgan fingerprint density at radius 2 is 1.95 bits per heavy atom. The standard InChI is InChI=1S/C13H23N3O5/c1-8(2)6-15-11(18)3-4-14-13(21)16-7-9(17)5-10(16)12(19)20/h8-10,17H,3-7H2,1-2H3,(H,14,21)(H,15,18)(H,19,20)/t9-,10+/m1/s1. The zero-order valence-electron chi connectivity index (χ0n) is 12.3. The number of hydrogen-bond donors (Lipinski definition) is 4. The van der Waals surface area contributed by atoms with Crippen molar-refractivity contribution < 1.29 is 24.6 Å². The number of likely N-dealkylation sites (tertiary alicyclic amines) is 1. The molecule has 1 fully saturated rings. The molecule has 0 unspecified atom stereocenters. The summed E-state index contributed by atoms with van der Waals surface area (Å²) in [5.74, 6) is -0.956. The molecule has 1 rings (SSSR count). The predicted octanol–water partition coefficient (Wildman–Crippen LogP) is -0.622. The molecular weight excluding hydrogens is 278 g/mol. The zero-order chi connectivity index (χ0) is 16.0. The number of aliphatic carboxylic acids is 1. The van der Waals surface area contributed by atoms with Crippen LogP contribution in [0.1, 0.15) is 26.7 Å². The molecule has 120 valence electrons. The van der Waals surface area contributed by atoms with Gasteiger partial charge in [0.25, 0.3) is 0 Å². The van der Waals surface area contributed by atoms with Gasteiger partial charge in [-0.05, 0) is 5.92 Å². The monoisotopic (exact) mass is 301 g/mol. The SMILES string of the molecule is CC(C)CNC(=O)CCNC(=O)N1C[C@H](O)C[C@H]1C(=O)O. The number of aliphatic hydroxyl groups is 1. The van der Waals surface area contributed by atoms with Gasteiger partial charge < -0.3 is 25.7 Å². The van der Waals surface area contributed by atoms with Crippen LogP contribution in [0.15, 0.2) is 0 Å². The van der Waals surface area contributed by atoms with E-state index in [0.717, 1.165) is 4.90 Å². The van der Waals surface area contributed by atoms with Crippen molar-refractivity contribution in [3.63, 3.8) is 0 Å². The summed E-state index contributed by atoms with van der Waals surface area (Å²) in [7, 11) is 0. The van der Waals surface area contributed by atoms with Crippen molar-refractivity contribution in [1.82, 2.24) is 15.5 Å². The number of nitrogens with one attached hydrogen (secondary N) is 2. The van der Waals surface area contributed by atoms with Gasteiger partial charge in [-0.1, -0.05) is 13.8 Å². The number of carbonyl (C=O) groups excluding carboxylic acids is 2. The summed E-state index contributed by atoms with van der Waals surface area (Å²) in [5.41, 5.74) is 0. The van der Waals surface area contributed by atoms with Crippen LogP contribution in [0.5, 0.6) is 0 Å². The van der Waals surface area contributed by atoms with E-state index in [1.165, 1.54) is 0 Å². The second-order valence-electron chi connectivity index (χ2n) is 5.58. The number of urea groups is 1. The van der Waals surface area contributed by atoms with Crippen molar-refractivity contribution in [3.8, 4) is 0 Å². The van der Waals surface area contributed by atoms with Gasteiger partial charge in [-0.15, -0.1) is 0 Å². The molecule has 8 nitrogen and oxygen atoms in total. The van der Waals surface area contributed by atoms with Crippen molar-refractivity contribution in [2.45, 2.75) is 38.8 Å². The third kappa shape index (κ3) is 5.58. The number of carboxylic acids is 1. The largest absolute Gasteiger partial charge is 0.480 e. The number of aliphatic hydroxyl groups excluding tert-OH is 1. The van der Waals surface area contributed by atoms with Crippen LogP contribution in [0.2, 0.25) is 0 Å². The summed E-state index contributed by atoms with van der Waals surface area (Å²) < 4.78 is 0. The molecule has 0 aliphatic carbocycles. The Kier molecular flexibility index (Phi) is 6.41. The second-order valence-corrected chi connectivity index (χ2v) is 5.58. The molecule has 1 aliphatic rings. The van der Waals surface area contributed by atoms with Gasteiger partial charge in [-0.2, -0.15) is 0 Å². The molecule has 0 saturated carbocycles. The van der Waals surface area contributed by atoms with Crippen molar-refractivity contribution in [3.05, 3.63) is 0 Å². The molecule has 1 heterocycles. The first-order chi connectivity index (χ1) is 9.81. The molecule has 1 saturated heterocycles. The summed E-state index contributed by atoms with van der Waals surface area (Å²) >= 11 is 0. The van der Waals surface area contributed by atoms with E-state index in [1.54, 1.807) is 0 Å². The maximum atomic E-state index is 11.9. The van der Waals surface area contributed by atoms with Crippen LogP contribution < -0.4 is 10.6 Å². The lowest BCUT2D eigenvalue weighted by molar-refractivity contribution is -0.141. The van der Waals surface area contributed by atoms with E-state index in [1.807, 2.05) is 13.8 Å². The highest BCUT2D eigenvalue weighted by atomic mass is 16.4. The highest BCUT2D eigenvalue weighted by Gasteiger charge is 2.38. The Hall–Kier alpha value is -1.83. The van der Waals surface area contributed by atoms with Gasteiger partial charge in [0.05, 0.1) is 6.10 Å². The van der Waals surface area contributed by atoms with E-state index in [-0.39, 0.29) is 31.8 Å². The van der Waals surface area contributed by atoms with Gasteiger partial charge in [0, 0.05) is 32.5 Å². The topological polar surface area (TPSA) is 119 Å². The van der Waals surface area contributed by atoms with E-state index < -0.39 is 24.1 Å². The minimum atomic E-state index is -1.14. The van der Waals surface area contributed by atoms with Crippen molar-refractivity contribution in [1.29, 1.82) is 0 Å². The lowest BCUT2D eigenvalue weighted by atomic mass is 10.2. The van der Waals surface area contributed by atoms with E-state index >= 15 is 0 Å². The fourth-order valence-corrected chi connectivity index (χ4v) is 2.06. The summed E-state index contributed by atoms with van der Waals surface area (Å²) in [4.78, 5) is 35.4. The molecule has 0 radical (unpaired) electrons. The second kappa shape index (κ2) is 7.82. The lowest BCUT2D eigenvalue weighted by Crippen LogP contribution is -2.46. The number of hydrogen-bond acceptors (Lipinski definition) is 4. The fourth-order valence-electron chi connectivity index (χ4n) is 2.06. The third-order valence-electron chi connectivity index (χ3n) is 3.16. The highest BCUT2D eigenvalue weighted by Crippen LogP contribution is 2.17. The van der Waals surface area contributed by atoms with E-state index in [0.29, 0.717) is 12.5 Å². The van der Waals surface area contributed by atoms with Crippen LogP contribution in [0, 0.1) is 5.92 Å². The minimum absolute atomic E-state index is 0.0116. The Labute approximate surface area is 123 Å². The van der Waals surface area contributed by atoms with Gasteiger partial charge in [0.1, 0.15) is 6.04 Å². The number of carboxylic acid groups (broad SMARTS) is 1.